The van der Waals surface area contributed by atoms with E-state index in [9.17, 15) is 8.42 Å². The molecule has 2 unspecified atom stereocenters. The third kappa shape index (κ3) is 3.08. The van der Waals surface area contributed by atoms with Gasteiger partial charge in [0.1, 0.15) is 0 Å². The average molecular weight is 193 g/mol. The van der Waals surface area contributed by atoms with E-state index in [1.807, 2.05) is 0 Å². The Balaban J connectivity index is 2.38. The predicted octanol–water partition coefficient (Wildman–Crippen LogP) is -0.303. The van der Waals surface area contributed by atoms with Crippen LogP contribution < -0.4 is 4.72 Å². The SMILES string of the molecule is CS(=O)(=O)NC1CCC(CO)C1. The molecule has 0 aromatic rings. The predicted molar refractivity (Wildman–Crippen MR) is 46.2 cm³/mol. The maximum atomic E-state index is 10.8. The average Bonchev–Trinajstić information content (AvgIpc) is 2.32. The summed E-state index contributed by atoms with van der Waals surface area (Å²) in [6.45, 7) is 0.169. The topological polar surface area (TPSA) is 66.4 Å². The Labute approximate surface area is 73.0 Å². The molecule has 0 aliphatic heterocycles. The Hall–Kier alpha value is -0.130. The number of hydrogen-bond donors (Lipinski definition) is 2. The van der Waals surface area contributed by atoms with Gasteiger partial charge >= 0.3 is 0 Å². The molecule has 2 N–H and O–H groups in total. The maximum Gasteiger partial charge on any atom is 0.208 e. The maximum absolute atomic E-state index is 10.8. The molecule has 0 spiro atoms. The van der Waals surface area contributed by atoms with Gasteiger partial charge in [-0.1, -0.05) is 0 Å². The number of hydrogen-bond acceptors (Lipinski definition) is 3. The summed E-state index contributed by atoms with van der Waals surface area (Å²) in [4.78, 5) is 0. The van der Waals surface area contributed by atoms with Crippen LogP contribution in [0.3, 0.4) is 0 Å². The van der Waals surface area contributed by atoms with Gasteiger partial charge in [0.15, 0.2) is 0 Å². The fourth-order valence-electron chi connectivity index (χ4n) is 1.65. The van der Waals surface area contributed by atoms with Crippen molar-refractivity contribution in [2.24, 2.45) is 5.92 Å². The molecule has 2 atom stereocenters. The molecule has 1 fully saturated rings. The van der Waals surface area contributed by atoms with Gasteiger partial charge in [-0.2, -0.15) is 0 Å². The number of sulfonamides is 1. The molecule has 0 aromatic heterocycles. The minimum absolute atomic E-state index is 0.0390. The van der Waals surface area contributed by atoms with E-state index in [0.717, 1.165) is 19.3 Å². The molecule has 12 heavy (non-hydrogen) atoms. The third-order valence-electron chi connectivity index (χ3n) is 2.18. The summed E-state index contributed by atoms with van der Waals surface area (Å²) in [6.07, 6.45) is 3.70. The highest BCUT2D eigenvalue weighted by atomic mass is 32.2. The number of rotatable bonds is 3. The van der Waals surface area contributed by atoms with Gasteiger partial charge in [-0.3, -0.25) is 0 Å². The van der Waals surface area contributed by atoms with Crippen molar-refractivity contribution in [2.45, 2.75) is 25.3 Å². The number of nitrogens with one attached hydrogen (secondary N) is 1. The molecule has 1 aliphatic carbocycles. The second-order valence-electron chi connectivity index (χ2n) is 3.45. The minimum Gasteiger partial charge on any atom is -0.396 e. The van der Waals surface area contributed by atoms with Gasteiger partial charge in [0.25, 0.3) is 0 Å². The van der Waals surface area contributed by atoms with Crippen LogP contribution in [-0.2, 0) is 10.0 Å². The Kier molecular flexibility index (Phi) is 3.09. The molecule has 0 amide bonds. The van der Waals surface area contributed by atoms with E-state index in [1.54, 1.807) is 0 Å². The van der Waals surface area contributed by atoms with Crippen LogP contribution in [0, 0.1) is 5.92 Å². The molecule has 0 radical (unpaired) electrons. The van der Waals surface area contributed by atoms with E-state index < -0.39 is 10.0 Å². The van der Waals surface area contributed by atoms with Crippen molar-refractivity contribution in [1.82, 2.24) is 4.72 Å². The Bertz CT molecular complexity index is 237. The van der Waals surface area contributed by atoms with E-state index in [2.05, 4.69) is 4.72 Å². The minimum atomic E-state index is -3.07. The lowest BCUT2D eigenvalue weighted by atomic mass is 10.1. The van der Waals surface area contributed by atoms with Crippen LogP contribution in [0.25, 0.3) is 0 Å². The van der Waals surface area contributed by atoms with Crippen molar-refractivity contribution in [3.63, 3.8) is 0 Å². The highest BCUT2D eigenvalue weighted by Crippen LogP contribution is 2.24. The van der Waals surface area contributed by atoms with Crippen LogP contribution >= 0.6 is 0 Å². The molecular weight excluding hydrogens is 178 g/mol. The zero-order valence-electron chi connectivity index (χ0n) is 7.16. The zero-order valence-corrected chi connectivity index (χ0v) is 7.97. The lowest BCUT2D eigenvalue weighted by Gasteiger charge is -2.09. The molecule has 4 nitrogen and oxygen atoms in total. The third-order valence-corrected chi connectivity index (χ3v) is 2.94. The van der Waals surface area contributed by atoms with Crippen LogP contribution in [0.5, 0.6) is 0 Å². The van der Waals surface area contributed by atoms with Crippen LogP contribution in [0.1, 0.15) is 19.3 Å². The standard InChI is InChI=1S/C7H15NO3S/c1-12(10,11)8-7-3-2-6(4-7)5-9/h6-9H,2-5H2,1H3. The Morgan fingerprint density at radius 3 is 2.58 bits per heavy atom. The number of aliphatic hydroxyl groups is 1. The van der Waals surface area contributed by atoms with Crippen molar-refractivity contribution in [2.75, 3.05) is 12.9 Å². The second-order valence-corrected chi connectivity index (χ2v) is 5.23. The summed E-state index contributed by atoms with van der Waals surface area (Å²) in [5, 5.41) is 8.80. The van der Waals surface area contributed by atoms with E-state index in [1.165, 1.54) is 6.26 Å². The molecule has 1 rings (SSSR count). The molecule has 72 valence electrons. The van der Waals surface area contributed by atoms with Gasteiger partial charge in [0.05, 0.1) is 6.26 Å². The van der Waals surface area contributed by atoms with Gasteiger partial charge in [0, 0.05) is 12.6 Å². The van der Waals surface area contributed by atoms with Gasteiger partial charge < -0.3 is 5.11 Å². The Morgan fingerprint density at radius 2 is 2.17 bits per heavy atom. The van der Waals surface area contributed by atoms with Crippen LogP contribution in [0.15, 0.2) is 0 Å². The molecule has 1 aliphatic rings. The van der Waals surface area contributed by atoms with Crippen molar-refractivity contribution in [1.29, 1.82) is 0 Å². The summed E-state index contributed by atoms with van der Waals surface area (Å²) in [7, 11) is -3.07. The van der Waals surface area contributed by atoms with Crippen molar-refractivity contribution in [3.05, 3.63) is 0 Å². The Morgan fingerprint density at radius 1 is 1.50 bits per heavy atom. The monoisotopic (exact) mass is 193 g/mol. The van der Waals surface area contributed by atoms with Crippen LogP contribution in [0.2, 0.25) is 0 Å². The van der Waals surface area contributed by atoms with Crippen molar-refractivity contribution in [3.8, 4) is 0 Å². The van der Waals surface area contributed by atoms with Crippen LogP contribution in [-0.4, -0.2) is 32.4 Å². The van der Waals surface area contributed by atoms with Gasteiger partial charge in [0.2, 0.25) is 10.0 Å². The lowest BCUT2D eigenvalue weighted by molar-refractivity contribution is 0.228. The fraction of sp³-hybridized carbons (Fsp3) is 1.00. The second kappa shape index (κ2) is 3.72. The van der Waals surface area contributed by atoms with E-state index >= 15 is 0 Å². The molecule has 0 bridgehead atoms. The van der Waals surface area contributed by atoms with E-state index in [4.69, 9.17) is 5.11 Å². The normalized spacial score (nSPS) is 30.8. The van der Waals surface area contributed by atoms with Gasteiger partial charge in [-0.05, 0) is 25.2 Å². The first kappa shape index (κ1) is 9.95. The first-order chi connectivity index (χ1) is 5.51. The fourth-order valence-corrected chi connectivity index (χ4v) is 2.47. The smallest absolute Gasteiger partial charge is 0.208 e. The zero-order chi connectivity index (χ0) is 9.19. The van der Waals surface area contributed by atoms with Crippen LogP contribution in [0.4, 0.5) is 0 Å². The summed E-state index contributed by atoms with van der Waals surface area (Å²) in [6, 6.07) is 0.0390. The summed E-state index contributed by atoms with van der Waals surface area (Å²) in [5.41, 5.74) is 0. The highest BCUT2D eigenvalue weighted by Gasteiger charge is 2.25. The summed E-state index contributed by atoms with van der Waals surface area (Å²) in [5.74, 6) is 0.282. The lowest BCUT2D eigenvalue weighted by Crippen LogP contribution is -2.32. The number of aliphatic hydroxyl groups excluding tert-OH is 1. The van der Waals surface area contributed by atoms with Crippen molar-refractivity contribution >= 4 is 10.0 Å². The molecule has 0 saturated heterocycles. The first-order valence-corrected chi connectivity index (χ1v) is 5.98. The quantitative estimate of drug-likeness (QED) is 0.646. The summed E-state index contributed by atoms with van der Waals surface area (Å²) < 4.78 is 24.2. The van der Waals surface area contributed by atoms with Crippen molar-refractivity contribution < 1.29 is 13.5 Å². The summed E-state index contributed by atoms with van der Waals surface area (Å²) >= 11 is 0. The molecule has 0 heterocycles. The largest absolute Gasteiger partial charge is 0.396 e. The molecule has 1 saturated carbocycles. The van der Waals surface area contributed by atoms with E-state index in [-0.39, 0.29) is 18.6 Å². The van der Waals surface area contributed by atoms with Gasteiger partial charge in [-0.15, -0.1) is 0 Å². The first-order valence-electron chi connectivity index (χ1n) is 4.09. The van der Waals surface area contributed by atoms with E-state index in [0.29, 0.717) is 0 Å². The molecular formula is C7H15NO3S. The highest BCUT2D eigenvalue weighted by molar-refractivity contribution is 7.88. The van der Waals surface area contributed by atoms with Gasteiger partial charge in [-0.25, -0.2) is 13.1 Å². The molecule has 0 aromatic carbocycles. The molecule has 5 heteroatoms.